The fourth-order valence-electron chi connectivity index (χ4n) is 3.92. The smallest absolute Gasteiger partial charge is 0.338 e. The Morgan fingerprint density at radius 2 is 0.633 bits per heavy atom. The Morgan fingerprint density at radius 1 is 0.400 bits per heavy atom. The molecule has 3 rings (SSSR count). The van der Waals surface area contributed by atoms with E-state index in [1.807, 2.05) is 0 Å². The summed E-state index contributed by atoms with van der Waals surface area (Å²) in [5.74, 6) is -0.646. The van der Waals surface area contributed by atoms with Crippen molar-refractivity contribution in [1.82, 2.24) is 0 Å². The number of benzene rings is 1. The van der Waals surface area contributed by atoms with Crippen LogP contribution in [0.15, 0.2) is 24.3 Å². The Kier molecular flexibility index (Phi) is 13.0. The minimum atomic E-state index is -0.323. The number of carbonyl (C=O) groups excluding carboxylic acids is 2. The molecule has 2 aliphatic rings. The standard InChI is InChI=1S/C26H40O4/c27-25-23-17-19-24(20-18-23)26(28)30-22-16-14-12-10-8-6-4-2-1-3-5-7-9-11-13-15-21-29-25/h17-20H,1-16,21-22H2. The van der Waals surface area contributed by atoms with Crippen molar-refractivity contribution >= 4 is 11.9 Å². The van der Waals surface area contributed by atoms with Gasteiger partial charge in [0.2, 0.25) is 0 Å². The Balaban J connectivity index is 1.75. The van der Waals surface area contributed by atoms with E-state index in [4.69, 9.17) is 9.47 Å². The normalized spacial score (nSPS) is 20.3. The molecule has 2 bridgehead atoms. The summed E-state index contributed by atoms with van der Waals surface area (Å²) in [4.78, 5) is 24.2. The maximum Gasteiger partial charge on any atom is 0.338 e. The fourth-order valence-corrected chi connectivity index (χ4v) is 3.92. The molecule has 0 aromatic heterocycles. The van der Waals surface area contributed by atoms with E-state index >= 15 is 0 Å². The Bertz CT molecular complexity index is 541. The van der Waals surface area contributed by atoms with Crippen molar-refractivity contribution in [1.29, 1.82) is 0 Å². The van der Waals surface area contributed by atoms with Crippen molar-refractivity contribution < 1.29 is 19.1 Å². The third-order valence-electron chi connectivity index (χ3n) is 5.86. The lowest BCUT2D eigenvalue weighted by atomic mass is 10.0. The predicted octanol–water partition coefficient (Wildman–Crippen LogP) is 7.26. The summed E-state index contributed by atoms with van der Waals surface area (Å²) >= 11 is 0. The van der Waals surface area contributed by atoms with Crippen LogP contribution in [-0.4, -0.2) is 25.2 Å². The molecule has 0 amide bonds. The number of ether oxygens (including phenoxy) is 2. The van der Waals surface area contributed by atoms with Gasteiger partial charge in [0.05, 0.1) is 24.3 Å². The second-order valence-electron chi connectivity index (χ2n) is 8.51. The molecule has 0 fully saturated rings. The number of carbonyl (C=O) groups is 2. The van der Waals surface area contributed by atoms with E-state index in [1.165, 1.54) is 77.0 Å². The highest BCUT2D eigenvalue weighted by Crippen LogP contribution is 2.14. The van der Waals surface area contributed by atoms with Crippen LogP contribution in [0.2, 0.25) is 0 Å². The van der Waals surface area contributed by atoms with Gasteiger partial charge in [-0.2, -0.15) is 0 Å². The minimum absolute atomic E-state index is 0.323. The van der Waals surface area contributed by atoms with Crippen LogP contribution in [0, 0.1) is 0 Å². The van der Waals surface area contributed by atoms with E-state index in [2.05, 4.69) is 0 Å². The first kappa shape index (κ1) is 24.4. The topological polar surface area (TPSA) is 52.6 Å². The van der Waals surface area contributed by atoms with Gasteiger partial charge in [-0.3, -0.25) is 0 Å². The summed E-state index contributed by atoms with van der Waals surface area (Å²) in [7, 11) is 0. The van der Waals surface area contributed by atoms with Gasteiger partial charge in [-0.15, -0.1) is 0 Å². The van der Waals surface area contributed by atoms with Crippen LogP contribution in [0.1, 0.15) is 123 Å². The first-order chi connectivity index (χ1) is 14.8. The molecule has 0 atom stereocenters. The molecule has 1 aromatic carbocycles. The van der Waals surface area contributed by atoms with Gasteiger partial charge in [0.15, 0.2) is 0 Å². The summed E-state index contributed by atoms with van der Waals surface area (Å²) in [6.45, 7) is 0.922. The van der Waals surface area contributed by atoms with E-state index < -0.39 is 0 Å². The maximum atomic E-state index is 12.1. The number of rotatable bonds is 0. The van der Waals surface area contributed by atoms with Gasteiger partial charge in [-0.05, 0) is 37.1 Å². The number of hydrogen-bond acceptors (Lipinski definition) is 4. The van der Waals surface area contributed by atoms with Gasteiger partial charge in [0, 0.05) is 0 Å². The van der Waals surface area contributed by atoms with Crippen molar-refractivity contribution in [3.8, 4) is 0 Å². The molecule has 4 nitrogen and oxygen atoms in total. The van der Waals surface area contributed by atoms with Gasteiger partial charge >= 0.3 is 11.9 Å². The quantitative estimate of drug-likeness (QED) is 0.418. The maximum absolute atomic E-state index is 12.1. The highest BCUT2D eigenvalue weighted by Gasteiger charge is 2.11. The largest absolute Gasteiger partial charge is 0.462 e. The van der Waals surface area contributed by atoms with Gasteiger partial charge in [0.25, 0.3) is 0 Å². The molecule has 4 heteroatoms. The van der Waals surface area contributed by atoms with E-state index in [0.717, 1.165) is 25.7 Å². The van der Waals surface area contributed by atoms with Crippen molar-refractivity contribution in [3.05, 3.63) is 35.4 Å². The number of esters is 2. The van der Waals surface area contributed by atoms with Gasteiger partial charge in [0.1, 0.15) is 0 Å². The molecule has 0 aliphatic carbocycles. The lowest BCUT2D eigenvalue weighted by Crippen LogP contribution is -2.09. The Morgan fingerprint density at radius 3 is 0.900 bits per heavy atom. The summed E-state index contributed by atoms with van der Waals surface area (Å²) in [6, 6.07) is 6.57. The van der Waals surface area contributed by atoms with E-state index in [9.17, 15) is 9.59 Å². The molecule has 0 radical (unpaired) electrons. The van der Waals surface area contributed by atoms with Crippen LogP contribution in [0.5, 0.6) is 0 Å². The van der Waals surface area contributed by atoms with Crippen LogP contribution in [0.25, 0.3) is 0 Å². The highest BCUT2D eigenvalue weighted by atomic mass is 16.5. The van der Waals surface area contributed by atoms with Crippen molar-refractivity contribution in [2.24, 2.45) is 0 Å². The van der Waals surface area contributed by atoms with Gasteiger partial charge < -0.3 is 9.47 Å². The summed E-state index contributed by atoms with van der Waals surface area (Å²) < 4.78 is 10.7. The Hall–Kier alpha value is -1.84. The minimum Gasteiger partial charge on any atom is -0.462 e. The van der Waals surface area contributed by atoms with Crippen LogP contribution >= 0.6 is 0 Å². The van der Waals surface area contributed by atoms with E-state index in [-0.39, 0.29) is 11.9 Å². The molecule has 1 aromatic rings. The van der Waals surface area contributed by atoms with Crippen LogP contribution in [0.4, 0.5) is 0 Å². The number of fused-ring (bicyclic) bond motifs is 23. The number of hydrogen-bond donors (Lipinski definition) is 0. The third kappa shape index (κ3) is 10.8. The van der Waals surface area contributed by atoms with Crippen LogP contribution in [-0.2, 0) is 9.47 Å². The zero-order valence-corrected chi connectivity index (χ0v) is 18.7. The van der Waals surface area contributed by atoms with Gasteiger partial charge in [-0.1, -0.05) is 89.9 Å². The van der Waals surface area contributed by atoms with Crippen molar-refractivity contribution in [2.45, 2.75) is 103 Å². The van der Waals surface area contributed by atoms with Crippen molar-refractivity contribution in [2.75, 3.05) is 13.2 Å². The molecule has 2 heterocycles. The second-order valence-corrected chi connectivity index (χ2v) is 8.51. The van der Waals surface area contributed by atoms with Crippen LogP contribution < -0.4 is 0 Å². The first-order valence-corrected chi connectivity index (χ1v) is 12.2. The predicted molar refractivity (Wildman–Crippen MR) is 121 cm³/mol. The zero-order valence-electron chi connectivity index (χ0n) is 18.7. The zero-order chi connectivity index (χ0) is 21.3. The fraction of sp³-hybridized carbons (Fsp3) is 0.692. The summed E-state index contributed by atoms with van der Waals surface area (Å²) in [5, 5.41) is 0. The second kappa shape index (κ2) is 15.9. The van der Waals surface area contributed by atoms with Crippen LogP contribution in [0.3, 0.4) is 0 Å². The Labute approximate surface area is 182 Å². The molecule has 0 saturated heterocycles. The van der Waals surface area contributed by atoms with Gasteiger partial charge in [-0.25, -0.2) is 9.59 Å². The lowest BCUT2D eigenvalue weighted by molar-refractivity contribution is 0.0483. The first-order valence-electron chi connectivity index (χ1n) is 12.2. The van der Waals surface area contributed by atoms with Crippen molar-refractivity contribution in [3.63, 3.8) is 0 Å². The molecule has 0 spiro atoms. The molecule has 0 N–H and O–H groups in total. The molecule has 30 heavy (non-hydrogen) atoms. The molecule has 168 valence electrons. The molecule has 2 aliphatic heterocycles. The van der Waals surface area contributed by atoms with E-state index in [0.29, 0.717) is 24.3 Å². The SMILES string of the molecule is O=C1OCCCCCCCCCCCCCCCCCCOC(=O)c2ccc1cc2. The molecule has 0 saturated carbocycles. The molecular formula is C26H40O4. The average Bonchev–Trinajstić information content (AvgIpc) is 2.77. The molecular weight excluding hydrogens is 376 g/mol. The third-order valence-corrected chi connectivity index (χ3v) is 5.86. The highest BCUT2D eigenvalue weighted by molar-refractivity contribution is 5.93. The summed E-state index contributed by atoms with van der Waals surface area (Å²) in [6.07, 6.45) is 19.9. The average molecular weight is 417 g/mol. The molecule has 0 unspecified atom stereocenters. The summed E-state index contributed by atoms with van der Waals surface area (Å²) in [5.41, 5.74) is 0.959. The van der Waals surface area contributed by atoms with E-state index in [1.54, 1.807) is 24.3 Å². The monoisotopic (exact) mass is 416 g/mol. The lowest BCUT2D eigenvalue weighted by Gasteiger charge is -2.07.